The van der Waals surface area contributed by atoms with Crippen molar-refractivity contribution in [3.8, 4) is 51.0 Å². The minimum atomic E-state index is 0.552. The van der Waals surface area contributed by atoms with Gasteiger partial charge in [-0.1, -0.05) is 133 Å². The lowest BCUT2D eigenvalue weighted by atomic mass is 10.0. The molecule has 12 rings (SSSR count). The summed E-state index contributed by atoms with van der Waals surface area (Å²) >= 11 is 0. The highest BCUT2D eigenvalue weighted by atomic mass is 16.3. The van der Waals surface area contributed by atoms with Crippen LogP contribution in [0.1, 0.15) is 0 Å². The molecule has 4 heterocycles. The average molecular weight is 742 g/mol. The van der Waals surface area contributed by atoms with Crippen LogP contribution in [0.25, 0.3) is 116 Å². The molecule has 6 heteroatoms. The Morgan fingerprint density at radius 2 is 1.10 bits per heavy atom. The Balaban J connectivity index is 1.11. The van der Waals surface area contributed by atoms with E-state index in [1.807, 2.05) is 30.3 Å². The molecule has 0 aliphatic rings. The van der Waals surface area contributed by atoms with E-state index in [1.54, 1.807) is 6.20 Å². The van der Waals surface area contributed by atoms with E-state index in [9.17, 15) is 0 Å². The fourth-order valence-corrected chi connectivity index (χ4v) is 8.61. The van der Waals surface area contributed by atoms with Crippen LogP contribution in [-0.4, -0.2) is 24.5 Å². The molecule has 270 valence electrons. The fraction of sp³-hybridized carbons (Fsp3) is 0. The lowest BCUT2D eigenvalue weighted by Crippen LogP contribution is -2.02. The molecule has 0 saturated heterocycles. The summed E-state index contributed by atoms with van der Waals surface area (Å²) in [4.78, 5) is 20.5. The van der Waals surface area contributed by atoms with Crippen molar-refractivity contribution >= 4 is 65.4 Å². The highest BCUT2D eigenvalue weighted by Gasteiger charge is 2.21. The quantitative estimate of drug-likeness (QED) is 0.176. The average Bonchev–Trinajstić information content (AvgIpc) is 3.84. The molecular weight excluding hydrogens is 711 g/mol. The molecule has 12 aromatic rings. The van der Waals surface area contributed by atoms with Crippen molar-refractivity contribution in [3.05, 3.63) is 188 Å². The Morgan fingerprint density at radius 3 is 2.00 bits per heavy atom. The van der Waals surface area contributed by atoms with Crippen LogP contribution in [0.4, 0.5) is 0 Å². The number of nitrogens with zero attached hydrogens (tertiary/aromatic N) is 5. The molecule has 0 radical (unpaired) electrons. The summed E-state index contributed by atoms with van der Waals surface area (Å²) < 4.78 is 8.66. The van der Waals surface area contributed by atoms with Gasteiger partial charge in [-0.2, -0.15) is 0 Å². The van der Waals surface area contributed by atoms with Crippen LogP contribution in [0.5, 0.6) is 0 Å². The Hall–Kier alpha value is -7.96. The summed E-state index contributed by atoms with van der Waals surface area (Å²) in [5, 5.41) is 7.70. The van der Waals surface area contributed by atoms with Gasteiger partial charge in [0.2, 0.25) is 0 Å². The first-order valence-corrected chi connectivity index (χ1v) is 19.4. The minimum absolute atomic E-state index is 0.552. The Bertz CT molecular complexity index is 3590. The number of hydrogen-bond acceptors (Lipinski definition) is 5. The summed E-state index contributed by atoms with van der Waals surface area (Å²) in [5.41, 5.74) is 10.6. The number of aromatic nitrogens is 5. The van der Waals surface area contributed by atoms with Crippen molar-refractivity contribution < 1.29 is 4.42 Å². The second-order valence-corrected chi connectivity index (χ2v) is 14.6. The first-order valence-electron chi connectivity index (χ1n) is 19.4. The van der Waals surface area contributed by atoms with E-state index < -0.39 is 0 Å². The first-order chi connectivity index (χ1) is 28.7. The maximum Gasteiger partial charge on any atom is 0.164 e. The topological polar surface area (TPSA) is 69.6 Å². The van der Waals surface area contributed by atoms with Crippen LogP contribution in [-0.2, 0) is 0 Å². The van der Waals surface area contributed by atoms with E-state index in [0.717, 1.165) is 77.0 Å². The number of pyridine rings is 1. The SMILES string of the molecule is c1ccc(-c2ccc3c4ccccc4n(-c4ccc(-c5nc(-c6ccc7ccccc7c6)nc(-c6cccc7oc8cccnc8c67)n5)c5ccccc45)c3c2)cc1. The zero-order valence-electron chi connectivity index (χ0n) is 31.0. The van der Waals surface area contributed by atoms with Gasteiger partial charge in [-0.05, 0) is 75.8 Å². The summed E-state index contributed by atoms with van der Waals surface area (Å²) in [7, 11) is 0. The third-order valence-corrected chi connectivity index (χ3v) is 11.3. The highest BCUT2D eigenvalue weighted by Crippen LogP contribution is 2.40. The van der Waals surface area contributed by atoms with Gasteiger partial charge in [-0.25, -0.2) is 15.0 Å². The van der Waals surface area contributed by atoms with Crippen LogP contribution in [0.15, 0.2) is 193 Å². The van der Waals surface area contributed by atoms with E-state index in [4.69, 9.17) is 24.4 Å². The fourth-order valence-electron chi connectivity index (χ4n) is 8.61. The second kappa shape index (κ2) is 12.8. The third-order valence-electron chi connectivity index (χ3n) is 11.3. The molecule has 0 unspecified atom stereocenters. The van der Waals surface area contributed by atoms with Crippen molar-refractivity contribution in [3.63, 3.8) is 0 Å². The number of para-hydroxylation sites is 1. The predicted octanol–water partition coefficient (Wildman–Crippen LogP) is 13.2. The van der Waals surface area contributed by atoms with Gasteiger partial charge in [0.15, 0.2) is 23.1 Å². The van der Waals surface area contributed by atoms with Crippen LogP contribution in [0.3, 0.4) is 0 Å². The molecular formula is C52H31N5O. The maximum atomic E-state index is 6.26. The Labute approximate surface area is 332 Å². The lowest BCUT2D eigenvalue weighted by Gasteiger charge is -2.15. The van der Waals surface area contributed by atoms with Crippen molar-refractivity contribution in [2.75, 3.05) is 0 Å². The monoisotopic (exact) mass is 741 g/mol. The Kier molecular flexibility index (Phi) is 7.13. The molecule has 0 amide bonds. The van der Waals surface area contributed by atoms with Gasteiger partial charge < -0.3 is 8.98 Å². The van der Waals surface area contributed by atoms with E-state index in [2.05, 4.69) is 156 Å². The lowest BCUT2D eigenvalue weighted by molar-refractivity contribution is 0.668. The summed E-state index contributed by atoms with van der Waals surface area (Å²) in [6, 6.07) is 63.5. The van der Waals surface area contributed by atoms with Crippen molar-refractivity contribution in [1.82, 2.24) is 24.5 Å². The molecule has 0 atom stereocenters. The minimum Gasteiger partial charge on any atom is -0.454 e. The number of rotatable bonds is 5. The van der Waals surface area contributed by atoms with E-state index in [1.165, 1.54) is 21.9 Å². The van der Waals surface area contributed by atoms with Crippen molar-refractivity contribution in [2.45, 2.75) is 0 Å². The van der Waals surface area contributed by atoms with Crippen molar-refractivity contribution in [2.24, 2.45) is 0 Å². The van der Waals surface area contributed by atoms with Crippen LogP contribution in [0.2, 0.25) is 0 Å². The number of fused-ring (bicyclic) bond motifs is 8. The van der Waals surface area contributed by atoms with E-state index in [-0.39, 0.29) is 0 Å². The van der Waals surface area contributed by atoms with E-state index >= 15 is 0 Å². The molecule has 6 nitrogen and oxygen atoms in total. The van der Waals surface area contributed by atoms with E-state index in [0.29, 0.717) is 17.5 Å². The molecule has 8 aromatic carbocycles. The van der Waals surface area contributed by atoms with Gasteiger partial charge in [0.05, 0.1) is 22.1 Å². The highest BCUT2D eigenvalue weighted by molar-refractivity contribution is 6.13. The summed E-state index contributed by atoms with van der Waals surface area (Å²) in [6.07, 6.45) is 1.79. The van der Waals surface area contributed by atoms with Crippen LogP contribution >= 0.6 is 0 Å². The smallest absolute Gasteiger partial charge is 0.164 e. The zero-order chi connectivity index (χ0) is 38.2. The van der Waals surface area contributed by atoms with Crippen LogP contribution < -0.4 is 0 Å². The van der Waals surface area contributed by atoms with Gasteiger partial charge in [-0.15, -0.1) is 0 Å². The molecule has 0 aliphatic heterocycles. The molecule has 4 aromatic heterocycles. The number of furan rings is 1. The predicted molar refractivity (Wildman–Crippen MR) is 236 cm³/mol. The molecule has 0 bridgehead atoms. The molecule has 0 N–H and O–H groups in total. The number of benzene rings is 8. The first kappa shape index (κ1) is 32.3. The summed E-state index contributed by atoms with van der Waals surface area (Å²) in [5.74, 6) is 1.73. The zero-order valence-corrected chi connectivity index (χ0v) is 31.0. The standard InChI is InChI=1S/C52H31N5O/c1-2-12-32(13-3-1)35-25-26-40-39-18-8-9-20-43(39)57(45(40)31-35)44-28-27-41(37-16-6-7-17-38(37)44)51-54-50(36-24-23-33-14-4-5-15-34(33)30-36)55-52(56-51)42-19-10-21-46-48(42)49-47(58-46)22-11-29-53-49/h1-31H. The van der Waals surface area contributed by atoms with Crippen LogP contribution in [0, 0.1) is 0 Å². The van der Waals surface area contributed by atoms with Gasteiger partial charge >= 0.3 is 0 Å². The molecule has 58 heavy (non-hydrogen) atoms. The number of hydrogen-bond donors (Lipinski definition) is 0. The van der Waals surface area contributed by atoms with Crippen molar-refractivity contribution in [1.29, 1.82) is 0 Å². The molecule has 0 aliphatic carbocycles. The van der Waals surface area contributed by atoms with Gasteiger partial charge in [0.25, 0.3) is 0 Å². The summed E-state index contributed by atoms with van der Waals surface area (Å²) in [6.45, 7) is 0. The molecule has 0 spiro atoms. The second-order valence-electron chi connectivity index (χ2n) is 14.6. The van der Waals surface area contributed by atoms with Gasteiger partial charge in [0, 0.05) is 39.0 Å². The molecule has 0 saturated carbocycles. The molecule has 0 fully saturated rings. The van der Waals surface area contributed by atoms with Gasteiger partial charge in [0.1, 0.15) is 11.1 Å². The third kappa shape index (κ3) is 5.05. The normalized spacial score (nSPS) is 11.8. The maximum absolute atomic E-state index is 6.26. The largest absolute Gasteiger partial charge is 0.454 e. The Morgan fingerprint density at radius 1 is 0.397 bits per heavy atom. The van der Waals surface area contributed by atoms with Gasteiger partial charge in [-0.3, -0.25) is 4.98 Å².